The first-order valence-corrected chi connectivity index (χ1v) is 9.81. The van der Waals surface area contributed by atoms with Crippen LogP contribution in [-0.4, -0.2) is 31.1 Å². The summed E-state index contributed by atoms with van der Waals surface area (Å²) in [5.74, 6) is 1.40. The Morgan fingerprint density at radius 1 is 1.29 bits per heavy atom. The fraction of sp³-hybridized carbons (Fsp3) is 0.318. The highest BCUT2D eigenvalue weighted by Crippen LogP contribution is 2.35. The van der Waals surface area contributed by atoms with Crippen molar-refractivity contribution in [2.45, 2.75) is 25.7 Å². The minimum atomic E-state index is -1.47. The van der Waals surface area contributed by atoms with Gasteiger partial charge in [-0.3, -0.25) is 4.99 Å². The van der Waals surface area contributed by atoms with Crippen molar-refractivity contribution in [2.24, 2.45) is 4.99 Å². The van der Waals surface area contributed by atoms with Crippen LogP contribution in [0.5, 0.6) is 0 Å². The van der Waals surface area contributed by atoms with Crippen molar-refractivity contribution in [1.29, 1.82) is 0 Å². The number of nitrogens with one attached hydrogen (secondary N) is 1. The second kappa shape index (κ2) is 10.4. The summed E-state index contributed by atoms with van der Waals surface area (Å²) >= 11 is 0. The number of benzene rings is 1. The lowest BCUT2D eigenvalue weighted by molar-refractivity contribution is 0.289. The molecule has 6 heteroatoms. The Kier molecular flexibility index (Phi) is 8.16. The van der Waals surface area contributed by atoms with E-state index in [9.17, 15) is 4.39 Å². The molecule has 0 fully saturated rings. The Labute approximate surface area is 168 Å². The Bertz CT molecular complexity index is 832. The molecule has 0 amide bonds. The summed E-state index contributed by atoms with van der Waals surface area (Å²) in [6.07, 6.45) is 6.19. The van der Waals surface area contributed by atoms with Gasteiger partial charge in [0.15, 0.2) is 0 Å². The lowest BCUT2D eigenvalue weighted by Crippen LogP contribution is -2.23. The number of halogens is 1. The Morgan fingerprint density at radius 3 is 2.50 bits per heavy atom. The minimum Gasteiger partial charge on any atom is -0.464 e. The maximum atomic E-state index is 14.2. The van der Waals surface area contributed by atoms with Gasteiger partial charge in [-0.25, -0.2) is 4.39 Å². The quantitative estimate of drug-likeness (QED) is 0.220. The third kappa shape index (κ3) is 5.88. The first-order valence-electron chi connectivity index (χ1n) is 9.23. The molecule has 0 aliphatic heterocycles. The van der Waals surface area contributed by atoms with Gasteiger partial charge in [-0.15, -0.1) is 0 Å². The Hall–Kier alpha value is -2.23. The zero-order valence-electron chi connectivity index (χ0n) is 16.6. The first kappa shape index (κ1) is 22.1. The second-order valence-electron chi connectivity index (χ2n) is 6.50. The highest BCUT2D eigenvalue weighted by Gasteiger charge is 2.19. The highest BCUT2D eigenvalue weighted by molar-refractivity contribution is 7.18. The summed E-state index contributed by atoms with van der Waals surface area (Å²) in [6, 6.07) is 11.1. The van der Waals surface area contributed by atoms with Crippen LogP contribution < -0.4 is 5.32 Å². The van der Waals surface area contributed by atoms with E-state index < -0.39 is 5.41 Å². The fourth-order valence-corrected chi connectivity index (χ4v) is 2.99. The number of alkyl halides is 1. The van der Waals surface area contributed by atoms with Gasteiger partial charge in [-0.05, 0) is 55.2 Å². The average molecular weight is 402 g/mol. The standard InChI is InChI=1S/C22H28FN2O2P/c1-4-18(16-8-10-17(11-9-16)22(2,23)28)19(20-7-5-14-27-20)15-21(24-3)25-12-6-13-26/h4-5,7-11,14-15,26H,6,12-13,28H2,1-3H3,(H,24,25)/b18-4+,19-15+. The molecule has 1 aromatic carbocycles. The van der Waals surface area contributed by atoms with E-state index in [4.69, 9.17) is 9.52 Å². The van der Waals surface area contributed by atoms with Gasteiger partial charge in [-0.2, -0.15) is 0 Å². The molecule has 1 heterocycles. The molecular formula is C22H28FN2O2P. The maximum Gasteiger partial charge on any atom is 0.145 e. The van der Waals surface area contributed by atoms with E-state index in [2.05, 4.69) is 19.5 Å². The van der Waals surface area contributed by atoms with E-state index in [1.807, 2.05) is 43.3 Å². The predicted molar refractivity (Wildman–Crippen MR) is 118 cm³/mol. The number of amidine groups is 1. The summed E-state index contributed by atoms with van der Waals surface area (Å²) < 4.78 is 19.8. The van der Waals surface area contributed by atoms with Gasteiger partial charge in [0.25, 0.3) is 0 Å². The average Bonchev–Trinajstić information content (AvgIpc) is 3.21. The number of hydrogen-bond donors (Lipinski definition) is 2. The van der Waals surface area contributed by atoms with Crippen molar-refractivity contribution >= 4 is 26.2 Å². The molecule has 0 saturated carbocycles. The highest BCUT2D eigenvalue weighted by atomic mass is 31.0. The molecule has 2 rings (SSSR count). The number of allylic oxidation sites excluding steroid dienone is 3. The van der Waals surface area contributed by atoms with Crippen LogP contribution in [0.2, 0.25) is 0 Å². The maximum absolute atomic E-state index is 14.2. The Balaban J connectivity index is 2.43. The molecule has 1 aromatic heterocycles. The van der Waals surface area contributed by atoms with Crippen molar-refractivity contribution < 1.29 is 13.9 Å². The van der Waals surface area contributed by atoms with Crippen LogP contribution in [0.25, 0.3) is 11.1 Å². The van der Waals surface area contributed by atoms with Gasteiger partial charge in [0.05, 0.1) is 6.26 Å². The van der Waals surface area contributed by atoms with E-state index in [0.717, 1.165) is 16.7 Å². The van der Waals surface area contributed by atoms with E-state index in [-0.39, 0.29) is 6.61 Å². The monoisotopic (exact) mass is 402 g/mol. The van der Waals surface area contributed by atoms with Crippen LogP contribution in [0.15, 0.2) is 64.2 Å². The van der Waals surface area contributed by atoms with Gasteiger partial charge in [0, 0.05) is 25.8 Å². The summed E-state index contributed by atoms with van der Waals surface area (Å²) in [7, 11) is 3.93. The van der Waals surface area contributed by atoms with E-state index in [0.29, 0.717) is 30.1 Å². The van der Waals surface area contributed by atoms with Crippen molar-refractivity contribution in [1.82, 2.24) is 5.32 Å². The topological polar surface area (TPSA) is 57.8 Å². The first-order chi connectivity index (χ1) is 13.4. The van der Waals surface area contributed by atoms with Gasteiger partial charge >= 0.3 is 0 Å². The molecular weight excluding hydrogens is 374 g/mol. The molecule has 2 unspecified atom stereocenters. The second-order valence-corrected chi connectivity index (χ2v) is 7.59. The number of nitrogens with zero attached hydrogens (tertiary/aromatic N) is 1. The van der Waals surface area contributed by atoms with Gasteiger partial charge in [0.2, 0.25) is 0 Å². The molecule has 0 bridgehead atoms. The Morgan fingerprint density at radius 2 is 2.00 bits per heavy atom. The molecule has 2 atom stereocenters. The zero-order chi connectivity index (χ0) is 20.6. The van der Waals surface area contributed by atoms with E-state index in [1.54, 1.807) is 25.4 Å². The summed E-state index contributed by atoms with van der Waals surface area (Å²) in [5.41, 5.74) is 3.37. The van der Waals surface area contributed by atoms with Crippen LogP contribution in [-0.2, 0) is 5.41 Å². The lowest BCUT2D eigenvalue weighted by atomic mass is 9.94. The smallest absolute Gasteiger partial charge is 0.145 e. The number of rotatable bonds is 8. The predicted octanol–water partition coefficient (Wildman–Crippen LogP) is 4.78. The normalized spacial score (nSPS) is 15.4. The molecule has 150 valence electrons. The van der Waals surface area contributed by atoms with Crippen molar-refractivity contribution in [3.05, 3.63) is 71.7 Å². The van der Waals surface area contributed by atoms with Crippen LogP contribution in [0.1, 0.15) is 37.2 Å². The van der Waals surface area contributed by atoms with E-state index >= 15 is 0 Å². The fourth-order valence-electron chi connectivity index (χ4n) is 2.79. The third-order valence-electron chi connectivity index (χ3n) is 4.29. The minimum absolute atomic E-state index is 0.119. The molecule has 2 aromatic rings. The largest absolute Gasteiger partial charge is 0.464 e. The summed E-state index contributed by atoms with van der Waals surface area (Å²) in [4.78, 5) is 4.29. The van der Waals surface area contributed by atoms with Crippen molar-refractivity contribution in [3.63, 3.8) is 0 Å². The SMILES string of the molecule is C/C=C(/C(=C\C(=N/C)NCCCO)c1ccco1)c1ccc(C(C)(F)P)cc1. The number of aliphatic hydroxyl groups excluding tert-OH is 1. The number of aliphatic imine (C=N–C) groups is 1. The van der Waals surface area contributed by atoms with Crippen LogP contribution in [0, 0.1) is 0 Å². The van der Waals surface area contributed by atoms with Crippen LogP contribution in [0.4, 0.5) is 4.39 Å². The molecule has 0 aliphatic carbocycles. The molecule has 2 N–H and O–H groups in total. The summed E-state index contributed by atoms with van der Waals surface area (Å²) in [6.45, 7) is 4.21. The lowest BCUT2D eigenvalue weighted by Gasteiger charge is -2.16. The van der Waals surface area contributed by atoms with Crippen molar-refractivity contribution in [2.75, 3.05) is 20.2 Å². The van der Waals surface area contributed by atoms with Gasteiger partial charge in [-0.1, -0.05) is 39.6 Å². The van der Waals surface area contributed by atoms with Crippen LogP contribution in [0.3, 0.4) is 0 Å². The third-order valence-corrected chi connectivity index (χ3v) is 4.62. The zero-order valence-corrected chi connectivity index (χ0v) is 17.7. The number of aliphatic hydroxyl groups is 1. The molecule has 28 heavy (non-hydrogen) atoms. The van der Waals surface area contributed by atoms with Gasteiger partial charge < -0.3 is 14.8 Å². The van der Waals surface area contributed by atoms with Crippen molar-refractivity contribution in [3.8, 4) is 0 Å². The van der Waals surface area contributed by atoms with E-state index in [1.165, 1.54) is 6.92 Å². The summed E-state index contributed by atoms with van der Waals surface area (Å²) in [5, 5.41) is 10.7. The van der Waals surface area contributed by atoms with Gasteiger partial charge in [0.1, 0.15) is 17.0 Å². The molecule has 4 nitrogen and oxygen atoms in total. The molecule has 0 aliphatic rings. The number of hydrogen-bond acceptors (Lipinski definition) is 3. The molecule has 0 saturated heterocycles. The molecule has 0 radical (unpaired) electrons. The number of furan rings is 1. The molecule has 0 spiro atoms. The van der Waals surface area contributed by atoms with Crippen LogP contribution >= 0.6 is 9.24 Å².